The Balaban J connectivity index is 1.46. The molecule has 0 radical (unpaired) electrons. The number of halogens is 2. The third kappa shape index (κ3) is 4.54. The number of alkyl halides is 1. The monoisotopic (exact) mass is 351 g/mol. The first-order chi connectivity index (χ1) is 12.0. The van der Waals surface area contributed by atoms with Crippen LogP contribution in [0, 0.1) is 5.82 Å². The summed E-state index contributed by atoms with van der Waals surface area (Å²) in [7, 11) is 0. The fourth-order valence-corrected chi connectivity index (χ4v) is 3.38. The van der Waals surface area contributed by atoms with E-state index >= 15 is 0 Å². The van der Waals surface area contributed by atoms with E-state index in [0.29, 0.717) is 32.4 Å². The molecule has 0 spiro atoms. The van der Waals surface area contributed by atoms with Gasteiger partial charge in [-0.25, -0.2) is 8.78 Å². The second-order valence-electron chi connectivity index (χ2n) is 6.61. The van der Waals surface area contributed by atoms with Crippen molar-refractivity contribution >= 4 is 17.5 Å². The third-order valence-corrected chi connectivity index (χ3v) is 4.78. The van der Waals surface area contributed by atoms with Gasteiger partial charge >= 0.3 is 0 Å². The minimum Gasteiger partial charge on any atom is -0.369 e. The summed E-state index contributed by atoms with van der Waals surface area (Å²) in [5, 5.41) is 0. The van der Waals surface area contributed by atoms with Crippen LogP contribution < -0.4 is 4.90 Å². The minimum atomic E-state index is -1.23. The highest BCUT2D eigenvalue weighted by molar-refractivity contribution is 5.97. The zero-order valence-electron chi connectivity index (χ0n) is 14.2. The number of piperidine rings is 1. The van der Waals surface area contributed by atoms with Crippen LogP contribution in [0.15, 0.2) is 24.3 Å². The molecular weight excluding hydrogens is 328 g/mol. The number of imide groups is 1. The largest absolute Gasteiger partial charge is 0.369 e. The maximum Gasteiger partial charge on any atom is 0.229 e. The molecule has 0 saturated carbocycles. The van der Waals surface area contributed by atoms with Crippen LogP contribution in [-0.2, 0) is 9.59 Å². The quantitative estimate of drug-likeness (QED) is 0.759. The third-order valence-electron chi connectivity index (χ3n) is 4.78. The number of likely N-dealkylation sites (tertiary alicyclic amines) is 1. The topological polar surface area (TPSA) is 43.9 Å². The summed E-state index contributed by atoms with van der Waals surface area (Å²) in [5.41, 5.74) is 0.961. The Hall–Kier alpha value is -2.02. The molecule has 2 aliphatic heterocycles. The summed E-state index contributed by atoms with van der Waals surface area (Å²) in [6, 6.07) is 6.37. The van der Waals surface area contributed by atoms with E-state index in [2.05, 4.69) is 4.90 Å². The van der Waals surface area contributed by atoms with Crippen molar-refractivity contribution in [2.24, 2.45) is 0 Å². The number of amides is 2. The Kier molecular flexibility index (Phi) is 5.63. The molecule has 1 aromatic carbocycles. The number of benzene rings is 1. The molecule has 2 fully saturated rings. The Morgan fingerprint density at radius 3 is 2.12 bits per heavy atom. The molecular formula is C18H23F2N3O2. The molecule has 1 aromatic rings. The Morgan fingerprint density at radius 1 is 0.920 bits per heavy atom. The zero-order valence-corrected chi connectivity index (χ0v) is 14.2. The fraction of sp³-hybridized carbons (Fsp3) is 0.556. The molecule has 0 aromatic heterocycles. The van der Waals surface area contributed by atoms with Gasteiger partial charge < -0.3 is 4.90 Å². The summed E-state index contributed by atoms with van der Waals surface area (Å²) in [4.78, 5) is 28.7. The molecule has 3 rings (SSSR count). The van der Waals surface area contributed by atoms with Gasteiger partial charge in [0.05, 0.1) is 6.54 Å². The van der Waals surface area contributed by atoms with Crippen molar-refractivity contribution < 1.29 is 18.4 Å². The highest BCUT2D eigenvalue weighted by Gasteiger charge is 2.29. The van der Waals surface area contributed by atoms with Crippen LogP contribution in [0.2, 0.25) is 0 Å². The summed E-state index contributed by atoms with van der Waals surface area (Å²) in [6.07, 6.45) is -0.0107. The predicted octanol–water partition coefficient (Wildman–Crippen LogP) is 1.82. The number of carbonyl (C=O) groups excluding carboxylic acids is 2. The van der Waals surface area contributed by atoms with Gasteiger partial charge in [-0.3, -0.25) is 19.4 Å². The summed E-state index contributed by atoms with van der Waals surface area (Å²) in [5.74, 6) is -0.787. The molecule has 0 aliphatic carbocycles. The van der Waals surface area contributed by atoms with Crippen molar-refractivity contribution in [3.63, 3.8) is 0 Å². The molecule has 0 bridgehead atoms. The van der Waals surface area contributed by atoms with Crippen molar-refractivity contribution in [1.82, 2.24) is 9.80 Å². The second-order valence-corrected chi connectivity index (χ2v) is 6.61. The summed E-state index contributed by atoms with van der Waals surface area (Å²) < 4.78 is 27.3. The average molecular weight is 351 g/mol. The number of rotatable bonds is 5. The number of nitrogens with zero attached hydrogens (tertiary/aromatic N) is 3. The van der Waals surface area contributed by atoms with Crippen LogP contribution >= 0.6 is 0 Å². The van der Waals surface area contributed by atoms with Gasteiger partial charge in [-0.2, -0.15) is 0 Å². The molecule has 25 heavy (non-hydrogen) atoms. The molecule has 0 N–H and O–H groups in total. The Labute approximate surface area is 146 Å². The van der Waals surface area contributed by atoms with E-state index in [4.69, 9.17) is 0 Å². The van der Waals surface area contributed by atoms with E-state index < -0.39 is 6.17 Å². The highest BCUT2D eigenvalue weighted by Crippen LogP contribution is 2.18. The van der Waals surface area contributed by atoms with Crippen molar-refractivity contribution in [2.45, 2.75) is 25.4 Å². The maximum atomic E-state index is 14.3. The number of anilines is 1. The SMILES string of the molecule is O=C1CCCC(=O)N1CC(F)CN1CCN(c2ccc(F)cc2)CC1. The van der Waals surface area contributed by atoms with Crippen molar-refractivity contribution in [3.8, 4) is 0 Å². The van der Waals surface area contributed by atoms with E-state index in [1.54, 1.807) is 12.1 Å². The summed E-state index contributed by atoms with van der Waals surface area (Å²) in [6.45, 7) is 2.93. The maximum absolute atomic E-state index is 14.3. The van der Waals surface area contributed by atoms with Crippen LogP contribution in [0.3, 0.4) is 0 Å². The standard InChI is InChI=1S/C18H23F2N3O2/c19-14-4-6-16(7-5-14)22-10-8-21(9-11-22)12-15(20)13-23-17(24)2-1-3-18(23)25/h4-7,15H,1-3,8-13H2. The lowest BCUT2D eigenvalue weighted by Crippen LogP contribution is -2.50. The molecule has 136 valence electrons. The summed E-state index contributed by atoms with van der Waals surface area (Å²) >= 11 is 0. The van der Waals surface area contributed by atoms with Crippen LogP contribution in [0.25, 0.3) is 0 Å². The number of hydrogen-bond acceptors (Lipinski definition) is 4. The van der Waals surface area contributed by atoms with E-state index in [9.17, 15) is 18.4 Å². The molecule has 1 unspecified atom stereocenters. The Bertz CT molecular complexity index is 599. The molecule has 2 aliphatic rings. The average Bonchev–Trinajstić information content (AvgIpc) is 2.60. The van der Waals surface area contributed by atoms with Gasteiger partial charge in [0, 0.05) is 51.3 Å². The molecule has 7 heteroatoms. The van der Waals surface area contributed by atoms with Crippen LogP contribution in [0.5, 0.6) is 0 Å². The predicted molar refractivity (Wildman–Crippen MR) is 90.5 cm³/mol. The lowest BCUT2D eigenvalue weighted by molar-refractivity contribution is -0.149. The van der Waals surface area contributed by atoms with Crippen LogP contribution in [-0.4, -0.2) is 67.1 Å². The van der Waals surface area contributed by atoms with Gasteiger partial charge in [-0.05, 0) is 30.7 Å². The van der Waals surface area contributed by atoms with Gasteiger partial charge in [0.2, 0.25) is 11.8 Å². The van der Waals surface area contributed by atoms with Gasteiger partial charge in [0.25, 0.3) is 0 Å². The van der Waals surface area contributed by atoms with Gasteiger partial charge in [0.15, 0.2) is 0 Å². The van der Waals surface area contributed by atoms with Gasteiger partial charge in [0.1, 0.15) is 12.0 Å². The lowest BCUT2D eigenvalue weighted by Gasteiger charge is -2.37. The van der Waals surface area contributed by atoms with E-state index in [0.717, 1.165) is 23.7 Å². The molecule has 2 amide bonds. The van der Waals surface area contributed by atoms with Crippen molar-refractivity contribution in [3.05, 3.63) is 30.1 Å². The van der Waals surface area contributed by atoms with Gasteiger partial charge in [-0.15, -0.1) is 0 Å². The molecule has 5 nitrogen and oxygen atoms in total. The molecule has 2 heterocycles. The fourth-order valence-electron chi connectivity index (χ4n) is 3.38. The van der Waals surface area contributed by atoms with Crippen LogP contribution in [0.4, 0.5) is 14.5 Å². The number of hydrogen-bond donors (Lipinski definition) is 0. The van der Waals surface area contributed by atoms with Crippen molar-refractivity contribution in [1.29, 1.82) is 0 Å². The van der Waals surface area contributed by atoms with E-state index in [-0.39, 0.29) is 30.7 Å². The molecule has 2 saturated heterocycles. The Morgan fingerprint density at radius 2 is 1.52 bits per heavy atom. The van der Waals surface area contributed by atoms with Crippen molar-refractivity contribution in [2.75, 3.05) is 44.2 Å². The first-order valence-corrected chi connectivity index (χ1v) is 8.73. The smallest absolute Gasteiger partial charge is 0.229 e. The highest BCUT2D eigenvalue weighted by atomic mass is 19.1. The zero-order chi connectivity index (χ0) is 17.8. The first-order valence-electron chi connectivity index (χ1n) is 8.73. The minimum absolute atomic E-state index is 0.143. The normalized spacial score (nSPS) is 20.9. The number of piperazine rings is 1. The first kappa shape index (κ1) is 17.8. The van der Waals surface area contributed by atoms with Gasteiger partial charge in [-0.1, -0.05) is 0 Å². The van der Waals surface area contributed by atoms with E-state index in [1.165, 1.54) is 12.1 Å². The van der Waals surface area contributed by atoms with Crippen LogP contribution in [0.1, 0.15) is 19.3 Å². The second kappa shape index (κ2) is 7.91. The lowest BCUT2D eigenvalue weighted by atomic mass is 10.1. The van der Waals surface area contributed by atoms with E-state index in [1.807, 2.05) is 4.90 Å². The number of carbonyl (C=O) groups is 2. The molecule has 1 atom stereocenters.